The molecule has 1 saturated heterocycles. The smallest absolute Gasteiger partial charge is 0.0364 e. The normalized spacial score (nSPS) is 20.9. The van der Waals surface area contributed by atoms with E-state index in [1.807, 2.05) is 0 Å². The van der Waals surface area contributed by atoms with Crippen molar-refractivity contribution in [3.63, 3.8) is 0 Å². The van der Waals surface area contributed by atoms with Crippen LogP contribution in [0.4, 0.5) is 5.69 Å². The highest BCUT2D eigenvalue weighted by Gasteiger charge is 2.18. The second-order valence-corrected chi connectivity index (χ2v) is 3.78. The van der Waals surface area contributed by atoms with Gasteiger partial charge >= 0.3 is 0 Å². The van der Waals surface area contributed by atoms with Crippen LogP contribution in [0, 0.1) is 0 Å². The maximum atomic E-state index is 3.41. The first kappa shape index (κ1) is 8.57. The lowest BCUT2D eigenvalue weighted by Gasteiger charge is -2.28. The number of hydrogen-bond acceptors (Lipinski definition) is 2. The van der Waals surface area contributed by atoms with Gasteiger partial charge in [-0.15, -0.1) is 0 Å². The number of rotatable bonds is 2. The lowest BCUT2D eigenvalue weighted by molar-refractivity contribution is 0.383. The van der Waals surface area contributed by atoms with Gasteiger partial charge in [0.05, 0.1) is 0 Å². The molecular formula is C11H16N2. The Bertz CT molecular complexity index is 290. The summed E-state index contributed by atoms with van der Waals surface area (Å²) in [6.07, 6.45) is 1.27. The fourth-order valence-electron chi connectivity index (χ4n) is 1.59. The van der Waals surface area contributed by atoms with Crippen molar-refractivity contribution in [2.24, 2.45) is 0 Å². The van der Waals surface area contributed by atoms with Crippen LogP contribution in [0.5, 0.6) is 0 Å². The largest absolute Gasteiger partial charge is 0.378 e. The van der Waals surface area contributed by atoms with Crippen molar-refractivity contribution in [1.82, 2.24) is 5.32 Å². The Morgan fingerprint density at radius 3 is 2.69 bits per heavy atom. The van der Waals surface area contributed by atoms with Crippen LogP contribution in [0.1, 0.15) is 18.0 Å². The summed E-state index contributed by atoms with van der Waals surface area (Å²) in [4.78, 5) is 2.14. The molecule has 1 unspecified atom stereocenters. The first-order valence-corrected chi connectivity index (χ1v) is 4.78. The molecule has 0 saturated carbocycles. The van der Waals surface area contributed by atoms with Gasteiger partial charge in [-0.05, 0) is 30.7 Å². The standard InChI is InChI=1S/C11H16N2/c1-13(2)10-5-3-4-9(8-10)11-6-7-12-11/h3-5,8,11-12H,6-7H2,1-2H3. The van der Waals surface area contributed by atoms with Crippen LogP contribution in [0.2, 0.25) is 0 Å². The van der Waals surface area contributed by atoms with Crippen molar-refractivity contribution >= 4 is 5.69 Å². The molecule has 70 valence electrons. The van der Waals surface area contributed by atoms with Crippen molar-refractivity contribution in [3.05, 3.63) is 29.8 Å². The topological polar surface area (TPSA) is 15.3 Å². The number of hydrogen-bond donors (Lipinski definition) is 1. The summed E-state index contributed by atoms with van der Waals surface area (Å²) >= 11 is 0. The van der Waals surface area contributed by atoms with Crippen LogP contribution in [0.15, 0.2) is 24.3 Å². The van der Waals surface area contributed by atoms with E-state index >= 15 is 0 Å². The number of benzene rings is 1. The summed E-state index contributed by atoms with van der Waals surface area (Å²) in [5, 5.41) is 3.41. The Balaban J connectivity index is 2.21. The number of anilines is 1. The molecule has 0 bridgehead atoms. The fourth-order valence-corrected chi connectivity index (χ4v) is 1.59. The van der Waals surface area contributed by atoms with E-state index < -0.39 is 0 Å². The highest BCUT2D eigenvalue weighted by Crippen LogP contribution is 2.25. The monoisotopic (exact) mass is 176 g/mol. The van der Waals surface area contributed by atoms with E-state index in [0.717, 1.165) is 6.54 Å². The van der Waals surface area contributed by atoms with Crippen molar-refractivity contribution < 1.29 is 0 Å². The van der Waals surface area contributed by atoms with Crippen LogP contribution in [0.3, 0.4) is 0 Å². The quantitative estimate of drug-likeness (QED) is 0.739. The number of nitrogens with one attached hydrogen (secondary N) is 1. The zero-order valence-corrected chi connectivity index (χ0v) is 8.25. The fraction of sp³-hybridized carbons (Fsp3) is 0.455. The van der Waals surface area contributed by atoms with Gasteiger partial charge in [-0.25, -0.2) is 0 Å². The van der Waals surface area contributed by atoms with Crippen molar-refractivity contribution in [3.8, 4) is 0 Å². The van der Waals surface area contributed by atoms with Crippen LogP contribution in [-0.2, 0) is 0 Å². The van der Waals surface area contributed by atoms with Crippen molar-refractivity contribution in [1.29, 1.82) is 0 Å². The van der Waals surface area contributed by atoms with Gasteiger partial charge in [-0.2, -0.15) is 0 Å². The summed E-state index contributed by atoms with van der Waals surface area (Å²) in [6.45, 7) is 1.16. The predicted molar refractivity (Wildman–Crippen MR) is 56.1 cm³/mol. The molecule has 0 aromatic heterocycles. The molecule has 1 atom stereocenters. The molecule has 1 aliphatic rings. The molecule has 2 rings (SSSR count). The first-order valence-electron chi connectivity index (χ1n) is 4.78. The molecule has 1 fully saturated rings. The van der Waals surface area contributed by atoms with Gasteiger partial charge in [0, 0.05) is 25.8 Å². The van der Waals surface area contributed by atoms with Gasteiger partial charge in [0.25, 0.3) is 0 Å². The average molecular weight is 176 g/mol. The molecule has 0 aliphatic carbocycles. The average Bonchev–Trinajstić information content (AvgIpc) is 2.01. The Kier molecular flexibility index (Phi) is 2.23. The predicted octanol–water partition coefficient (Wildman–Crippen LogP) is 1.79. The van der Waals surface area contributed by atoms with E-state index in [-0.39, 0.29) is 0 Å². The maximum absolute atomic E-state index is 3.41. The molecule has 2 nitrogen and oxygen atoms in total. The van der Waals surface area contributed by atoms with E-state index in [4.69, 9.17) is 0 Å². The minimum atomic E-state index is 0.597. The van der Waals surface area contributed by atoms with E-state index in [9.17, 15) is 0 Å². The summed E-state index contributed by atoms with van der Waals surface area (Å²) in [5.74, 6) is 0. The Morgan fingerprint density at radius 2 is 2.15 bits per heavy atom. The molecular weight excluding hydrogens is 160 g/mol. The third-order valence-corrected chi connectivity index (χ3v) is 2.61. The lowest BCUT2D eigenvalue weighted by Crippen LogP contribution is -2.34. The highest BCUT2D eigenvalue weighted by atomic mass is 15.1. The lowest BCUT2D eigenvalue weighted by atomic mass is 9.97. The molecule has 2 heteroatoms. The third-order valence-electron chi connectivity index (χ3n) is 2.61. The molecule has 13 heavy (non-hydrogen) atoms. The zero-order valence-electron chi connectivity index (χ0n) is 8.25. The molecule has 1 N–H and O–H groups in total. The Hall–Kier alpha value is -1.02. The van der Waals surface area contributed by atoms with E-state index in [1.54, 1.807) is 0 Å². The van der Waals surface area contributed by atoms with Crippen LogP contribution in [0.25, 0.3) is 0 Å². The molecule has 0 spiro atoms. The van der Waals surface area contributed by atoms with Crippen molar-refractivity contribution in [2.45, 2.75) is 12.5 Å². The minimum Gasteiger partial charge on any atom is -0.378 e. The van der Waals surface area contributed by atoms with Gasteiger partial charge in [-0.3, -0.25) is 0 Å². The van der Waals surface area contributed by atoms with Gasteiger partial charge in [0.1, 0.15) is 0 Å². The first-order chi connectivity index (χ1) is 6.27. The second-order valence-electron chi connectivity index (χ2n) is 3.78. The Morgan fingerprint density at radius 1 is 1.38 bits per heavy atom. The molecule has 1 aromatic carbocycles. The molecule has 0 amide bonds. The maximum Gasteiger partial charge on any atom is 0.0364 e. The molecule has 1 aliphatic heterocycles. The summed E-state index contributed by atoms with van der Waals surface area (Å²) < 4.78 is 0. The molecule has 1 heterocycles. The van der Waals surface area contributed by atoms with Crippen LogP contribution < -0.4 is 10.2 Å². The van der Waals surface area contributed by atoms with E-state index in [0.29, 0.717) is 6.04 Å². The molecule has 1 aromatic rings. The SMILES string of the molecule is CN(C)c1cccc(C2CCN2)c1. The Labute approximate surface area is 79.6 Å². The highest BCUT2D eigenvalue weighted by molar-refractivity contribution is 5.48. The van der Waals surface area contributed by atoms with Gasteiger partial charge in [0.2, 0.25) is 0 Å². The number of nitrogens with zero attached hydrogens (tertiary/aromatic N) is 1. The van der Waals surface area contributed by atoms with Gasteiger partial charge in [0.15, 0.2) is 0 Å². The summed E-state index contributed by atoms with van der Waals surface area (Å²) in [6, 6.07) is 9.33. The van der Waals surface area contributed by atoms with Crippen LogP contribution >= 0.6 is 0 Å². The third kappa shape index (κ3) is 1.68. The van der Waals surface area contributed by atoms with Crippen LogP contribution in [-0.4, -0.2) is 20.6 Å². The zero-order chi connectivity index (χ0) is 9.26. The summed E-state index contributed by atoms with van der Waals surface area (Å²) in [5.41, 5.74) is 2.70. The van der Waals surface area contributed by atoms with Gasteiger partial charge in [-0.1, -0.05) is 12.1 Å². The minimum absolute atomic E-state index is 0.597. The second kappa shape index (κ2) is 3.38. The van der Waals surface area contributed by atoms with Gasteiger partial charge < -0.3 is 10.2 Å². The molecule has 0 radical (unpaired) electrons. The van der Waals surface area contributed by atoms with E-state index in [2.05, 4.69) is 48.6 Å². The van der Waals surface area contributed by atoms with Crippen molar-refractivity contribution in [2.75, 3.05) is 25.5 Å². The summed E-state index contributed by atoms with van der Waals surface area (Å²) in [7, 11) is 4.15. The van der Waals surface area contributed by atoms with E-state index in [1.165, 1.54) is 17.7 Å².